The maximum Gasteiger partial charge on any atom is 0.352 e. The molecule has 0 unspecified atom stereocenters. The molecule has 2 aromatic rings. The van der Waals surface area contributed by atoms with Crippen LogP contribution in [0.15, 0.2) is 18.2 Å². The van der Waals surface area contributed by atoms with Crippen LogP contribution in [0.25, 0.3) is 10.9 Å². The number of hydrogen-bond acceptors (Lipinski definition) is 3. The Hall–Kier alpha value is -2.50. The monoisotopic (exact) mass is 304 g/mol. The molecule has 0 aliphatic carbocycles. The third kappa shape index (κ3) is 3.58. The van der Waals surface area contributed by atoms with E-state index in [0.29, 0.717) is 29.4 Å². The maximum absolute atomic E-state index is 11.4. The van der Waals surface area contributed by atoms with Gasteiger partial charge in [-0.05, 0) is 24.1 Å². The summed E-state index contributed by atoms with van der Waals surface area (Å²) in [6.07, 6.45) is 0. The molecule has 1 aromatic carbocycles. The number of carboxylic acids is 1. The van der Waals surface area contributed by atoms with Crippen LogP contribution in [-0.4, -0.2) is 28.6 Å². The molecule has 1 heterocycles. The van der Waals surface area contributed by atoms with E-state index in [1.54, 1.807) is 18.2 Å². The predicted molar refractivity (Wildman–Crippen MR) is 83.1 cm³/mol. The molecule has 6 nitrogen and oxygen atoms in total. The molecule has 118 valence electrons. The van der Waals surface area contributed by atoms with Crippen LogP contribution in [0.2, 0.25) is 0 Å². The SMILES string of the molecule is CC(=O)NCc1c(C(=O)O)[nH]c2ccc(OCC(C)C)cc12. The topological polar surface area (TPSA) is 91.4 Å². The number of aromatic carboxylic acids is 1. The quantitative estimate of drug-likeness (QED) is 0.764. The number of nitrogens with one attached hydrogen (secondary N) is 2. The summed E-state index contributed by atoms with van der Waals surface area (Å²) in [6, 6.07) is 5.39. The van der Waals surface area contributed by atoms with Crippen LogP contribution in [-0.2, 0) is 11.3 Å². The molecule has 0 atom stereocenters. The number of aromatic nitrogens is 1. The number of fused-ring (bicyclic) bond motifs is 1. The lowest BCUT2D eigenvalue weighted by Crippen LogP contribution is -2.20. The molecule has 0 fully saturated rings. The van der Waals surface area contributed by atoms with Gasteiger partial charge in [-0.3, -0.25) is 4.79 Å². The Morgan fingerprint density at radius 3 is 2.68 bits per heavy atom. The van der Waals surface area contributed by atoms with Gasteiger partial charge in [0.2, 0.25) is 5.91 Å². The molecule has 3 N–H and O–H groups in total. The van der Waals surface area contributed by atoms with Crippen molar-refractivity contribution in [3.63, 3.8) is 0 Å². The average Bonchev–Trinajstić information content (AvgIpc) is 2.81. The Morgan fingerprint density at radius 2 is 2.09 bits per heavy atom. The number of rotatable bonds is 6. The van der Waals surface area contributed by atoms with Crippen molar-refractivity contribution >= 4 is 22.8 Å². The lowest BCUT2D eigenvalue weighted by Gasteiger charge is -2.09. The van der Waals surface area contributed by atoms with Crippen LogP contribution in [0.4, 0.5) is 0 Å². The van der Waals surface area contributed by atoms with Gasteiger partial charge < -0.3 is 20.1 Å². The molecule has 0 saturated carbocycles. The molecule has 0 aliphatic rings. The van der Waals surface area contributed by atoms with Gasteiger partial charge in [-0.2, -0.15) is 0 Å². The average molecular weight is 304 g/mol. The zero-order valence-electron chi connectivity index (χ0n) is 12.9. The summed E-state index contributed by atoms with van der Waals surface area (Å²) in [4.78, 5) is 25.3. The lowest BCUT2D eigenvalue weighted by molar-refractivity contribution is -0.119. The second-order valence-corrected chi connectivity index (χ2v) is 5.61. The largest absolute Gasteiger partial charge is 0.493 e. The molecular weight excluding hydrogens is 284 g/mol. The van der Waals surface area contributed by atoms with E-state index in [1.165, 1.54) is 6.92 Å². The highest BCUT2D eigenvalue weighted by molar-refractivity contribution is 5.98. The Labute approximate surface area is 128 Å². The number of carbonyl (C=O) groups is 2. The Morgan fingerprint density at radius 1 is 1.36 bits per heavy atom. The second kappa shape index (κ2) is 6.51. The third-order valence-corrected chi connectivity index (χ3v) is 3.19. The molecule has 0 radical (unpaired) electrons. The van der Waals surface area contributed by atoms with Crippen molar-refractivity contribution < 1.29 is 19.4 Å². The van der Waals surface area contributed by atoms with Gasteiger partial charge in [-0.15, -0.1) is 0 Å². The fourth-order valence-corrected chi connectivity index (χ4v) is 2.16. The first-order valence-electron chi connectivity index (χ1n) is 7.13. The van der Waals surface area contributed by atoms with Gasteiger partial charge in [0.1, 0.15) is 11.4 Å². The molecule has 2 rings (SSSR count). The zero-order valence-corrected chi connectivity index (χ0v) is 12.9. The highest BCUT2D eigenvalue weighted by Crippen LogP contribution is 2.27. The van der Waals surface area contributed by atoms with Crippen molar-refractivity contribution in [1.82, 2.24) is 10.3 Å². The maximum atomic E-state index is 11.4. The highest BCUT2D eigenvalue weighted by Gasteiger charge is 2.17. The molecule has 1 aromatic heterocycles. The van der Waals surface area contributed by atoms with Gasteiger partial charge in [0, 0.05) is 29.9 Å². The van der Waals surface area contributed by atoms with E-state index in [9.17, 15) is 14.7 Å². The van der Waals surface area contributed by atoms with E-state index in [1.807, 2.05) is 0 Å². The van der Waals surface area contributed by atoms with Crippen molar-refractivity contribution in [2.45, 2.75) is 27.3 Å². The Balaban J connectivity index is 2.41. The third-order valence-electron chi connectivity index (χ3n) is 3.19. The van der Waals surface area contributed by atoms with Gasteiger partial charge in [-0.1, -0.05) is 13.8 Å². The van der Waals surface area contributed by atoms with Gasteiger partial charge in [0.25, 0.3) is 0 Å². The van der Waals surface area contributed by atoms with E-state index in [0.717, 1.165) is 5.39 Å². The summed E-state index contributed by atoms with van der Waals surface area (Å²) in [5.41, 5.74) is 1.34. The normalized spacial score (nSPS) is 10.9. The van der Waals surface area contributed by atoms with Gasteiger partial charge in [0.05, 0.1) is 6.61 Å². The summed E-state index contributed by atoms with van der Waals surface area (Å²) in [5.74, 6) is -0.185. The fraction of sp³-hybridized carbons (Fsp3) is 0.375. The number of carboxylic acid groups (broad SMARTS) is 1. The minimum atomic E-state index is -1.05. The van der Waals surface area contributed by atoms with Gasteiger partial charge in [0.15, 0.2) is 0 Å². The minimum absolute atomic E-state index is 0.0877. The number of amides is 1. The Kier molecular flexibility index (Phi) is 4.70. The number of H-pyrrole nitrogens is 1. The number of aromatic amines is 1. The minimum Gasteiger partial charge on any atom is -0.493 e. The van der Waals surface area contributed by atoms with Crippen molar-refractivity contribution in [3.8, 4) is 5.75 Å². The van der Waals surface area contributed by atoms with Gasteiger partial charge >= 0.3 is 5.97 Å². The molecule has 0 saturated heterocycles. The molecule has 0 bridgehead atoms. The standard InChI is InChI=1S/C16H20N2O4/c1-9(2)8-22-11-4-5-14-12(6-11)13(7-17-10(3)19)15(18-14)16(20)21/h4-6,9,18H,7-8H2,1-3H3,(H,17,19)(H,20,21). The molecule has 6 heteroatoms. The van der Waals surface area contributed by atoms with E-state index < -0.39 is 5.97 Å². The number of benzene rings is 1. The summed E-state index contributed by atoms with van der Waals surface area (Å²) in [6.45, 7) is 6.25. The number of hydrogen-bond donors (Lipinski definition) is 3. The molecule has 22 heavy (non-hydrogen) atoms. The van der Waals surface area contributed by atoms with Crippen molar-refractivity contribution in [2.75, 3.05) is 6.61 Å². The summed E-state index contributed by atoms with van der Waals surface area (Å²) >= 11 is 0. The van der Waals surface area contributed by atoms with E-state index in [4.69, 9.17) is 4.74 Å². The van der Waals surface area contributed by atoms with E-state index >= 15 is 0 Å². The summed E-state index contributed by atoms with van der Waals surface area (Å²) < 4.78 is 5.68. The van der Waals surface area contributed by atoms with E-state index in [-0.39, 0.29) is 18.1 Å². The zero-order chi connectivity index (χ0) is 16.3. The smallest absolute Gasteiger partial charge is 0.352 e. The van der Waals surface area contributed by atoms with Crippen LogP contribution >= 0.6 is 0 Å². The lowest BCUT2D eigenvalue weighted by atomic mass is 10.1. The number of carbonyl (C=O) groups excluding carboxylic acids is 1. The molecular formula is C16H20N2O4. The van der Waals surface area contributed by atoms with Crippen LogP contribution in [0.1, 0.15) is 36.8 Å². The molecule has 1 amide bonds. The first-order chi connectivity index (χ1) is 10.4. The van der Waals surface area contributed by atoms with Gasteiger partial charge in [-0.25, -0.2) is 4.79 Å². The number of ether oxygens (including phenoxy) is 1. The first kappa shape index (κ1) is 15.9. The predicted octanol–water partition coefficient (Wildman–Crippen LogP) is 2.54. The summed E-state index contributed by atoms with van der Waals surface area (Å²) in [7, 11) is 0. The summed E-state index contributed by atoms with van der Waals surface area (Å²) in [5, 5.41) is 12.7. The van der Waals surface area contributed by atoms with Crippen LogP contribution < -0.4 is 10.1 Å². The molecule has 0 spiro atoms. The van der Waals surface area contributed by atoms with Crippen molar-refractivity contribution in [3.05, 3.63) is 29.5 Å². The Bertz CT molecular complexity index is 703. The highest BCUT2D eigenvalue weighted by atomic mass is 16.5. The van der Waals surface area contributed by atoms with Crippen LogP contribution in [0.3, 0.4) is 0 Å². The van der Waals surface area contributed by atoms with Crippen molar-refractivity contribution in [1.29, 1.82) is 0 Å². The van der Waals surface area contributed by atoms with Crippen LogP contribution in [0, 0.1) is 5.92 Å². The molecule has 0 aliphatic heterocycles. The first-order valence-corrected chi connectivity index (χ1v) is 7.13. The van der Waals surface area contributed by atoms with Crippen molar-refractivity contribution in [2.24, 2.45) is 5.92 Å². The van der Waals surface area contributed by atoms with E-state index in [2.05, 4.69) is 24.1 Å². The second-order valence-electron chi connectivity index (χ2n) is 5.61. The van der Waals surface area contributed by atoms with Crippen LogP contribution in [0.5, 0.6) is 5.75 Å². The fourth-order valence-electron chi connectivity index (χ4n) is 2.16.